The number of nitrogens with zero attached hydrogens (tertiary/aromatic N) is 4. The summed E-state index contributed by atoms with van der Waals surface area (Å²) in [5.74, 6) is 1.46. The Kier molecular flexibility index (Phi) is 2.89. The summed E-state index contributed by atoms with van der Waals surface area (Å²) in [6, 6.07) is 7.78. The first-order chi connectivity index (χ1) is 10.7. The third kappa shape index (κ3) is 2.13. The van der Waals surface area contributed by atoms with Gasteiger partial charge in [0, 0.05) is 13.0 Å². The zero-order chi connectivity index (χ0) is 15.1. The lowest BCUT2D eigenvalue weighted by Crippen LogP contribution is -2.36. The smallest absolute Gasteiger partial charge is 0.256 e. The number of fused-ring (bicyclic) bond motifs is 2. The van der Waals surface area contributed by atoms with Crippen molar-refractivity contribution in [1.29, 1.82) is 0 Å². The minimum Gasteiger partial charge on any atom is -0.350 e. The van der Waals surface area contributed by atoms with E-state index in [0.717, 1.165) is 41.1 Å². The van der Waals surface area contributed by atoms with E-state index < -0.39 is 0 Å². The molecule has 22 heavy (non-hydrogen) atoms. The quantitative estimate of drug-likeness (QED) is 0.737. The van der Waals surface area contributed by atoms with Crippen LogP contribution in [0, 0.1) is 6.92 Å². The molecule has 2 aromatic heterocycles. The molecule has 110 valence electrons. The maximum atomic E-state index is 12.1. The maximum absolute atomic E-state index is 12.1. The molecule has 1 N–H and O–H groups in total. The Bertz CT molecular complexity index is 918. The molecule has 0 spiro atoms. The monoisotopic (exact) mass is 293 g/mol. The van der Waals surface area contributed by atoms with Crippen molar-refractivity contribution in [1.82, 2.24) is 19.9 Å². The third-order valence-electron chi connectivity index (χ3n) is 3.95. The molecule has 6 heteroatoms. The van der Waals surface area contributed by atoms with Gasteiger partial charge < -0.3 is 9.88 Å². The van der Waals surface area contributed by atoms with Crippen molar-refractivity contribution < 1.29 is 0 Å². The average Bonchev–Trinajstić information content (AvgIpc) is 2.54. The van der Waals surface area contributed by atoms with E-state index in [-0.39, 0.29) is 5.56 Å². The van der Waals surface area contributed by atoms with Gasteiger partial charge in [0.2, 0.25) is 0 Å². The Morgan fingerprint density at radius 1 is 1.18 bits per heavy atom. The minimum atomic E-state index is -0.0547. The molecular formula is C16H15N5O. The van der Waals surface area contributed by atoms with Crippen molar-refractivity contribution in [2.24, 2.45) is 0 Å². The van der Waals surface area contributed by atoms with Crippen LogP contribution < -0.4 is 10.5 Å². The molecule has 0 unspecified atom stereocenters. The van der Waals surface area contributed by atoms with Gasteiger partial charge in [0.05, 0.1) is 35.0 Å². The summed E-state index contributed by atoms with van der Waals surface area (Å²) in [6.07, 6.45) is 2.51. The largest absolute Gasteiger partial charge is 0.350 e. The van der Waals surface area contributed by atoms with Crippen LogP contribution in [0.1, 0.15) is 17.1 Å². The number of para-hydroxylation sites is 2. The Morgan fingerprint density at radius 2 is 2.00 bits per heavy atom. The second-order valence-corrected chi connectivity index (χ2v) is 5.47. The predicted octanol–water partition coefficient (Wildman–Crippen LogP) is 1.58. The van der Waals surface area contributed by atoms with Gasteiger partial charge in [-0.2, -0.15) is 0 Å². The van der Waals surface area contributed by atoms with Crippen molar-refractivity contribution in [3.8, 4) is 0 Å². The van der Waals surface area contributed by atoms with Crippen LogP contribution in [0.5, 0.6) is 0 Å². The van der Waals surface area contributed by atoms with E-state index in [1.807, 2.05) is 31.2 Å². The summed E-state index contributed by atoms with van der Waals surface area (Å²) < 4.78 is 0. The highest BCUT2D eigenvalue weighted by Crippen LogP contribution is 2.21. The standard InChI is InChI=1S/C16H15N5O/c1-10-18-12-6-7-21(9-11(12)16(22)19-10)15-8-17-13-4-2-3-5-14(13)20-15/h2-5,8H,6-7,9H2,1H3,(H,18,19,22). The van der Waals surface area contributed by atoms with Gasteiger partial charge in [-0.3, -0.25) is 9.78 Å². The second-order valence-electron chi connectivity index (χ2n) is 5.47. The van der Waals surface area contributed by atoms with Gasteiger partial charge in [-0.25, -0.2) is 9.97 Å². The van der Waals surface area contributed by atoms with E-state index in [2.05, 4.69) is 24.8 Å². The first-order valence-electron chi connectivity index (χ1n) is 7.26. The molecule has 0 atom stereocenters. The summed E-state index contributed by atoms with van der Waals surface area (Å²) in [5, 5.41) is 0. The van der Waals surface area contributed by atoms with Crippen molar-refractivity contribution >= 4 is 16.9 Å². The lowest BCUT2D eigenvalue weighted by molar-refractivity contribution is 0.683. The van der Waals surface area contributed by atoms with Crippen molar-refractivity contribution in [3.63, 3.8) is 0 Å². The SMILES string of the molecule is Cc1nc2c(c(=O)[nH]1)CN(c1cnc3ccccc3n1)CC2. The minimum absolute atomic E-state index is 0.0547. The summed E-state index contributed by atoms with van der Waals surface area (Å²) in [7, 11) is 0. The molecule has 0 fully saturated rings. The lowest BCUT2D eigenvalue weighted by atomic mass is 10.1. The summed E-state index contributed by atoms with van der Waals surface area (Å²) in [5.41, 5.74) is 3.31. The van der Waals surface area contributed by atoms with Gasteiger partial charge in [-0.15, -0.1) is 0 Å². The fourth-order valence-corrected chi connectivity index (χ4v) is 2.84. The van der Waals surface area contributed by atoms with Crippen LogP contribution in [0.3, 0.4) is 0 Å². The number of hydrogen-bond donors (Lipinski definition) is 1. The Hall–Kier alpha value is -2.76. The number of aryl methyl sites for hydroxylation is 1. The van der Waals surface area contributed by atoms with E-state index in [4.69, 9.17) is 0 Å². The number of aromatic nitrogens is 4. The summed E-state index contributed by atoms with van der Waals surface area (Å²) in [6.45, 7) is 3.11. The third-order valence-corrected chi connectivity index (χ3v) is 3.95. The van der Waals surface area contributed by atoms with E-state index >= 15 is 0 Å². The molecule has 0 aliphatic carbocycles. The molecule has 0 bridgehead atoms. The topological polar surface area (TPSA) is 74.8 Å². The second kappa shape index (κ2) is 4.91. The molecule has 0 radical (unpaired) electrons. The van der Waals surface area contributed by atoms with Gasteiger partial charge in [-0.05, 0) is 19.1 Å². The van der Waals surface area contributed by atoms with Crippen LogP contribution in [0.15, 0.2) is 35.3 Å². The van der Waals surface area contributed by atoms with E-state index in [9.17, 15) is 4.79 Å². The first kappa shape index (κ1) is 12.9. The number of benzene rings is 1. The number of rotatable bonds is 1. The summed E-state index contributed by atoms with van der Waals surface area (Å²) in [4.78, 5) is 30.5. The summed E-state index contributed by atoms with van der Waals surface area (Å²) >= 11 is 0. The van der Waals surface area contributed by atoms with Gasteiger partial charge in [0.25, 0.3) is 5.56 Å². The van der Waals surface area contributed by atoms with Crippen LogP contribution in [0.25, 0.3) is 11.0 Å². The molecule has 6 nitrogen and oxygen atoms in total. The number of anilines is 1. The van der Waals surface area contributed by atoms with Crippen molar-refractivity contribution in [2.45, 2.75) is 19.9 Å². The average molecular weight is 293 g/mol. The molecule has 1 aliphatic rings. The fourth-order valence-electron chi connectivity index (χ4n) is 2.84. The fraction of sp³-hybridized carbons (Fsp3) is 0.250. The molecule has 0 amide bonds. The maximum Gasteiger partial charge on any atom is 0.256 e. The van der Waals surface area contributed by atoms with E-state index in [1.165, 1.54) is 0 Å². The van der Waals surface area contributed by atoms with Crippen LogP contribution in [0.2, 0.25) is 0 Å². The number of H-pyrrole nitrogens is 1. The van der Waals surface area contributed by atoms with Gasteiger partial charge >= 0.3 is 0 Å². The number of aromatic amines is 1. The highest BCUT2D eigenvalue weighted by molar-refractivity contribution is 5.75. The molecule has 3 heterocycles. The molecule has 0 saturated heterocycles. The van der Waals surface area contributed by atoms with Crippen LogP contribution in [-0.2, 0) is 13.0 Å². The van der Waals surface area contributed by atoms with E-state index in [0.29, 0.717) is 12.4 Å². The van der Waals surface area contributed by atoms with Crippen LogP contribution in [-0.4, -0.2) is 26.5 Å². The molecule has 1 aliphatic heterocycles. The zero-order valence-electron chi connectivity index (χ0n) is 12.2. The first-order valence-corrected chi connectivity index (χ1v) is 7.26. The van der Waals surface area contributed by atoms with Gasteiger partial charge in [0.1, 0.15) is 11.6 Å². The van der Waals surface area contributed by atoms with Crippen molar-refractivity contribution in [2.75, 3.05) is 11.4 Å². The van der Waals surface area contributed by atoms with Crippen molar-refractivity contribution in [3.05, 3.63) is 57.9 Å². The Morgan fingerprint density at radius 3 is 2.86 bits per heavy atom. The van der Waals surface area contributed by atoms with Gasteiger partial charge in [-0.1, -0.05) is 12.1 Å². The lowest BCUT2D eigenvalue weighted by Gasteiger charge is -2.28. The number of nitrogens with one attached hydrogen (secondary N) is 1. The molecule has 4 rings (SSSR count). The molecular weight excluding hydrogens is 278 g/mol. The Balaban J connectivity index is 1.73. The Labute approximate surface area is 126 Å². The van der Waals surface area contributed by atoms with E-state index in [1.54, 1.807) is 6.20 Å². The molecule has 3 aromatic rings. The molecule has 0 saturated carbocycles. The highest BCUT2D eigenvalue weighted by Gasteiger charge is 2.22. The van der Waals surface area contributed by atoms with Crippen LogP contribution >= 0.6 is 0 Å². The van der Waals surface area contributed by atoms with Crippen LogP contribution in [0.4, 0.5) is 5.82 Å². The zero-order valence-corrected chi connectivity index (χ0v) is 12.2. The molecule has 1 aromatic carbocycles. The predicted molar refractivity (Wildman–Crippen MR) is 83.9 cm³/mol. The highest BCUT2D eigenvalue weighted by atomic mass is 16.1. The number of hydrogen-bond acceptors (Lipinski definition) is 5. The normalized spacial score (nSPS) is 14.1. The van der Waals surface area contributed by atoms with Gasteiger partial charge in [0.15, 0.2) is 0 Å².